The van der Waals surface area contributed by atoms with E-state index < -0.39 is 0 Å². The highest BCUT2D eigenvalue weighted by molar-refractivity contribution is 6.32. The molecule has 17 heavy (non-hydrogen) atoms. The van der Waals surface area contributed by atoms with Crippen LogP contribution in [0.4, 0.5) is 5.69 Å². The number of nitrogens with one attached hydrogen (secondary N) is 1. The third-order valence-corrected chi connectivity index (χ3v) is 2.85. The fraction of sp³-hybridized carbons (Fsp3) is 0.455. The van der Waals surface area contributed by atoms with Gasteiger partial charge in [-0.3, -0.25) is 4.79 Å². The molecule has 0 spiro atoms. The summed E-state index contributed by atoms with van der Waals surface area (Å²) in [5.41, 5.74) is 6.28. The normalized spacial score (nSPS) is 12.5. The number of halogens is 1. The molecule has 0 saturated carbocycles. The minimum Gasteiger partial charge on any atom is -0.397 e. The lowest BCUT2D eigenvalue weighted by molar-refractivity contribution is 0.0943. The van der Waals surface area contributed by atoms with E-state index >= 15 is 0 Å². The second kappa shape index (κ2) is 5.84. The SMILES string of the molecule is CC(CNC(=O)c1cc(N)cnc1Cl)N(C)C. The molecule has 1 aromatic rings. The molecule has 3 N–H and O–H groups in total. The van der Waals surface area contributed by atoms with Crippen LogP contribution >= 0.6 is 11.6 Å². The maximum absolute atomic E-state index is 11.8. The zero-order valence-corrected chi connectivity index (χ0v) is 11.0. The Bertz CT molecular complexity index is 408. The van der Waals surface area contributed by atoms with Gasteiger partial charge in [-0.2, -0.15) is 0 Å². The predicted octanol–water partition coefficient (Wildman–Crippen LogP) is 0.997. The highest BCUT2D eigenvalue weighted by atomic mass is 35.5. The molecular formula is C11H17ClN4O. The molecule has 94 valence electrons. The molecule has 0 saturated heterocycles. The Morgan fingerprint density at radius 1 is 1.65 bits per heavy atom. The molecule has 0 bridgehead atoms. The molecule has 1 aromatic heterocycles. The first-order valence-electron chi connectivity index (χ1n) is 5.27. The Labute approximate surface area is 106 Å². The molecule has 0 radical (unpaired) electrons. The standard InChI is InChI=1S/C11H17ClN4O/c1-7(16(2)3)5-15-11(17)9-4-8(13)6-14-10(9)12/h4,6-7H,5,13H2,1-3H3,(H,15,17). The van der Waals surface area contributed by atoms with Gasteiger partial charge in [0, 0.05) is 12.6 Å². The van der Waals surface area contributed by atoms with E-state index in [2.05, 4.69) is 10.3 Å². The smallest absolute Gasteiger partial charge is 0.254 e. The summed E-state index contributed by atoms with van der Waals surface area (Å²) < 4.78 is 0. The number of hydrogen-bond donors (Lipinski definition) is 2. The molecule has 1 heterocycles. The number of likely N-dealkylation sites (N-methyl/N-ethyl adjacent to an activating group) is 1. The number of pyridine rings is 1. The van der Waals surface area contributed by atoms with Gasteiger partial charge < -0.3 is 16.0 Å². The van der Waals surface area contributed by atoms with Crippen molar-refractivity contribution in [1.29, 1.82) is 0 Å². The van der Waals surface area contributed by atoms with E-state index in [1.54, 1.807) is 0 Å². The summed E-state index contributed by atoms with van der Waals surface area (Å²) in [6, 6.07) is 1.76. The topological polar surface area (TPSA) is 71.2 Å². The van der Waals surface area contributed by atoms with E-state index in [0.29, 0.717) is 17.8 Å². The van der Waals surface area contributed by atoms with Crippen LogP contribution in [0.1, 0.15) is 17.3 Å². The van der Waals surface area contributed by atoms with Crippen molar-refractivity contribution in [3.8, 4) is 0 Å². The van der Waals surface area contributed by atoms with Gasteiger partial charge in [-0.05, 0) is 27.1 Å². The van der Waals surface area contributed by atoms with E-state index in [-0.39, 0.29) is 17.1 Å². The number of rotatable bonds is 4. The largest absolute Gasteiger partial charge is 0.397 e. The highest BCUT2D eigenvalue weighted by Gasteiger charge is 2.13. The van der Waals surface area contributed by atoms with Crippen LogP contribution in [0.15, 0.2) is 12.3 Å². The lowest BCUT2D eigenvalue weighted by atomic mass is 10.2. The van der Waals surface area contributed by atoms with Crippen LogP contribution in [-0.2, 0) is 0 Å². The third kappa shape index (κ3) is 3.87. The van der Waals surface area contributed by atoms with Crippen molar-refractivity contribution in [2.75, 3.05) is 26.4 Å². The van der Waals surface area contributed by atoms with Gasteiger partial charge in [0.25, 0.3) is 5.91 Å². The van der Waals surface area contributed by atoms with E-state index in [0.717, 1.165) is 0 Å². The lowest BCUT2D eigenvalue weighted by Crippen LogP contribution is -2.38. The molecule has 1 amide bonds. The zero-order chi connectivity index (χ0) is 13.0. The van der Waals surface area contributed by atoms with Crippen LogP contribution in [-0.4, -0.2) is 42.5 Å². The fourth-order valence-corrected chi connectivity index (χ4v) is 1.33. The van der Waals surface area contributed by atoms with E-state index in [1.165, 1.54) is 12.3 Å². The average molecular weight is 257 g/mol. The molecular weight excluding hydrogens is 240 g/mol. The van der Waals surface area contributed by atoms with Gasteiger partial charge in [-0.1, -0.05) is 11.6 Å². The second-order valence-electron chi connectivity index (χ2n) is 4.13. The molecule has 0 aliphatic heterocycles. The fourth-order valence-electron chi connectivity index (χ4n) is 1.14. The number of anilines is 1. The first-order valence-corrected chi connectivity index (χ1v) is 5.65. The van der Waals surface area contributed by atoms with Crippen LogP contribution in [0.2, 0.25) is 5.15 Å². The summed E-state index contributed by atoms with van der Waals surface area (Å²) in [6.07, 6.45) is 1.42. The number of carbonyl (C=O) groups excluding carboxylic acids is 1. The summed E-state index contributed by atoms with van der Waals surface area (Å²) >= 11 is 5.83. The summed E-state index contributed by atoms with van der Waals surface area (Å²) in [4.78, 5) is 17.7. The summed E-state index contributed by atoms with van der Waals surface area (Å²) in [5.74, 6) is -0.261. The Hall–Kier alpha value is -1.33. The van der Waals surface area contributed by atoms with Gasteiger partial charge >= 0.3 is 0 Å². The van der Waals surface area contributed by atoms with E-state index in [4.69, 9.17) is 17.3 Å². The van der Waals surface area contributed by atoms with Crippen LogP contribution < -0.4 is 11.1 Å². The molecule has 1 rings (SSSR count). The van der Waals surface area contributed by atoms with Crippen LogP contribution in [0.5, 0.6) is 0 Å². The first kappa shape index (κ1) is 13.7. The molecule has 1 unspecified atom stereocenters. The van der Waals surface area contributed by atoms with Crippen molar-refractivity contribution in [2.45, 2.75) is 13.0 Å². The molecule has 6 heteroatoms. The minimum absolute atomic E-state index is 0.161. The van der Waals surface area contributed by atoms with Gasteiger partial charge in [0.05, 0.1) is 17.4 Å². The Kier molecular flexibility index (Phi) is 4.72. The zero-order valence-electron chi connectivity index (χ0n) is 10.2. The van der Waals surface area contributed by atoms with Crippen molar-refractivity contribution >= 4 is 23.2 Å². The maximum Gasteiger partial charge on any atom is 0.254 e. The van der Waals surface area contributed by atoms with Gasteiger partial charge in [0.1, 0.15) is 5.15 Å². The Morgan fingerprint density at radius 3 is 2.88 bits per heavy atom. The number of hydrogen-bond acceptors (Lipinski definition) is 4. The van der Waals surface area contributed by atoms with Crippen LogP contribution in [0.25, 0.3) is 0 Å². The summed E-state index contributed by atoms with van der Waals surface area (Å²) in [6.45, 7) is 2.55. The van der Waals surface area contributed by atoms with Gasteiger partial charge in [0.2, 0.25) is 0 Å². The molecule has 0 aliphatic rings. The van der Waals surface area contributed by atoms with Crippen molar-refractivity contribution in [2.24, 2.45) is 0 Å². The van der Waals surface area contributed by atoms with Gasteiger partial charge in [0.15, 0.2) is 0 Å². The van der Waals surface area contributed by atoms with E-state index in [9.17, 15) is 4.79 Å². The number of carbonyl (C=O) groups is 1. The molecule has 5 nitrogen and oxygen atoms in total. The summed E-state index contributed by atoms with van der Waals surface area (Å²) in [7, 11) is 3.90. The number of nitrogens with zero attached hydrogens (tertiary/aromatic N) is 2. The highest BCUT2D eigenvalue weighted by Crippen LogP contribution is 2.15. The van der Waals surface area contributed by atoms with Crippen LogP contribution in [0.3, 0.4) is 0 Å². The number of amides is 1. The van der Waals surface area contributed by atoms with Crippen molar-refractivity contribution in [3.05, 3.63) is 23.0 Å². The molecule has 0 aromatic carbocycles. The Balaban J connectivity index is 2.67. The number of nitrogens with two attached hydrogens (primary N) is 1. The van der Waals surface area contributed by atoms with Crippen molar-refractivity contribution in [1.82, 2.24) is 15.2 Å². The first-order chi connectivity index (χ1) is 7.91. The lowest BCUT2D eigenvalue weighted by Gasteiger charge is -2.20. The summed E-state index contributed by atoms with van der Waals surface area (Å²) in [5, 5.41) is 2.95. The minimum atomic E-state index is -0.261. The quantitative estimate of drug-likeness (QED) is 0.789. The predicted molar refractivity (Wildman–Crippen MR) is 69.1 cm³/mol. The maximum atomic E-state index is 11.8. The number of aromatic nitrogens is 1. The van der Waals surface area contributed by atoms with Gasteiger partial charge in [-0.25, -0.2) is 4.98 Å². The van der Waals surface area contributed by atoms with Gasteiger partial charge in [-0.15, -0.1) is 0 Å². The second-order valence-corrected chi connectivity index (χ2v) is 4.49. The van der Waals surface area contributed by atoms with Crippen molar-refractivity contribution < 1.29 is 4.79 Å². The molecule has 0 aliphatic carbocycles. The number of nitrogen functional groups attached to an aromatic ring is 1. The van der Waals surface area contributed by atoms with Crippen molar-refractivity contribution in [3.63, 3.8) is 0 Å². The molecule has 1 atom stereocenters. The third-order valence-electron chi connectivity index (χ3n) is 2.54. The van der Waals surface area contributed by atoms with E-state index in [1.807, 2.05) is 25.9 Å². The Morgan fingerprint density at radius 2 is 2.29 bits per heavy atom. The van der Waals surface area contributed by atoms with Crippen LogP contribution in [0, 0.1) is 0 Å². The molecule has 0 fully saturated rings. The average Bonchev–Trinajstić information content (AvgIpc) is 2.28. The monoisotopic (exact) mass is 256 g/mol.